The van der Waals surface area contributed by atoms with Crippen molar-refractivity contribution in [2.24, 2.45) is 5.92 Å². The first-order chi connectivity index (χ1) is 11.6. The summed E-state index contributed by atoms with van der Waals surface area (Å²) >= 11 is 0. The van der Waals surface area contributed by atoms with E-state index in [0.29, 0.717) is 25.4 Å². The van der Waals surface area contributed by atoms with E-state index < -0.39 is 0 Å². The van der Waals surface area contributed by atoms with Crippen LogP contribution in [0.3, 0.4) is 0 Å². The standard InChI is InChI=1S/C17H24N4O3/c22-17(5-4-14-6-7-18-13-14)20-10-8-19(9-11-20)15-2-1-3-16(12-15)21(23)24/h1-3,12,14,18H,4-11,13H2. The van der Waals surface area contributed by atoms with Crippen LogP contribution in [0.25, 0.3) is 0 Å². The molecule has 1 N–H and O–H groups in total. The van der Waals surface area contributed by atoms with E-state index in [9.17, 15) is 14.9 Å². The Morgan fingerprint density at radius 1 is 1.29 bits per heavy atom. The number of anilines is 1. The lowest BCUT2D eigenvalue weighted by molar-refractivity contribution is -0.384. The van der Waals surface area contributed by atoms with Crippen LogP contribution in [-0.4, -0.2) is 55.0 Å². The Kier molecular flexibility index (Phi) is 5.30. The summed E-state index contributed by atoms with van der Waals surface area (Å²) in [4.78, 5) is 26.9. The topological polar surface area (TPSA) is 78.7 Å². The van der Waals surface area contributed by atoms with E-state index in [1.54, 1.807) is 12.1 Å². The molecule has 24 heavy (non-hydrogen) atoms. The Hall–Kier alpha value is -2.15. The highest BCUT2D eigenvalue weighted by Crippen LogP contribution is 2.22. The first kappa shape index (κ1) is 16.7. The minimum Gasteiger partial charge on any atom is -0.368 e. The second kappa shape index (κ2) is 7.61. The van der Waals surface area contributed by atoms with Gasteiger partial charge in [-0.1, -0.05) is 6.07 Å². The number of carbonyl (C=O) groups is 1. The number of carbonyl (C=O) groups excluding carboxylic acids is 1. The fourth-order valence-electron chi connectivity index (χ4n) is 3.46. The maximum absolute atomic E-state index is 12.3. The van der Waals surface area contributed by atoms with Crippen LogP contribution < -0.4 is 10.2 Å². The zero-order valence-electron chi connectivity index (χ0n) is 13.8. The third-order valence-corrected chi connectivity index (χ3v) is 4.97. The molecule has 1 atom stereocenters. The van der Waals surface area contributed by atoms with Gasteiger partial charge < -0.3 is 15.1 Å². The van der Waals surface area contributed by atoms with Gasteiger partial charge in [-0.15, -0.1) is 0 Å². The lowest BCUT2D eigenvalue weighted by atomic mass is 10.0. The van der Waals surface area contributed by atoms with Gasteiger partial charge in [0.15, 0.2) is 0 Å². The highest BCUT2D eigenvalue weighted by atomic mass is 16.6. The first-order valence-corrected chi connectivity index (χ1v) is 8.61. The Morgan fingerprint density at radius 3 is 2.75 bits per heavy atom. The Balaban J connectivity index is 1.49. The second-order valence-electron chi connectivity index (χ2n) is 6.54. The number of nitrogens with zero attached hydrogens (tertiary/aromatic N) is 3. The minimum atomic E-state index is -0.374. The van der Waals surface area contributed by atoms with Crippen LogP contribution in [0, 0.1) is 16.0 Å². The SMILES string of the molecule is O=C(CCC1CCNC1)N1CCN(c2cccc([N+](=O)[O-])c2)CC1. The number of amides is 1. The number of hydrogen-bond acceptors (Lipinski definition) is 5. The van der Waals surface area contributed by atoms with E-state index in [1.807, 2.05) is 11.0 Å². The Labute approximate surface area is 141 Å². The second-order valence-corrected chi connectivity index (χ2v) is 6.54. The molecule has 3 rings (SSSR count). The van der Waals surface area contributed by atoms with Gasteiger partial charge in [0.1, 0.15) is 0 Å². The molecule has 1 aromatic carbocycles. The van der Waals surface area contributed by atoms with Crippen LogP contribution in [0.2, 0.25) is 0 Å². The van der Waals surface area contributed by atoms with Crippen LogP contribution in [0.4, 0.5) is 11.4 Å². The zero-order chi connectivity index (χ0) is 16.9. The quantitative estimate of drug-likeness (QED) is 0.655. The fraction of sp³-hybridized carbons (Fsp3) is 0.588. The van der Waals surface area contributed by atoms with Crippen molar-refractivity contribution < 1.29 is 9.72 Å². The van der Waals surface area contributed by atoms with Crippen molar-refractivity contribution in [2.45, 2.75) is 19.3 Å². The van der Waals surface area contributed by atoms with Gasteiger partial charge >= 0.3 is 0 Å². The third kappa shape index (κ3) is 4.03. The van der Waals surface area contributed by atoms with Crippen molar-refractivity contribution in [3.63, 3.8) is 0 Å². The van der Waals surface area contributed by atoms with E-state index in [-0.39, 0.29) is 16.5 Å². The summed E-state index contributed by atoms with van der Waals surface area (Å²) in [6, 6.07) is 6.70. The third-order valence-electron chi connectivity index (χ3n) is 4.97. The molecule has 0 aliphatic carbocycles. The average molecular weight is 332 g/mol. The molecule has 0 bridgehead atoms. The van der Waals surface area contributed by atoms with Gasteiger partial charge in [0.2, 0.25) is 5.91 Å². The molecule has 0 saturated carbocycles. The number of rotatable bonds is 5. The van der Waals surface area contributed by atoms with Crippen molar-refractivity contribution in [1.29, 1.82) is 0 Å². The molecule has 0 radical (unpaired) electrons. The molecule has 2 heterocycles. The van der Waals surface area contributed by atoms with Crippen LogP contribution >= 0.6 is 0 Å². The number of nitro benzene ring substituents is 1. The molecule has 7 heteroatoms. The highest BCUT2D eigenvalue weighted by Gasteiger charge is 2.23. The first-order valence-electron chi connectivity index (χ1n) is 8.61. The zero-order valence-corrected chi connectivity index (χ0v) is 13.8. The van der Waals surface area contributed by atoms with Crippen molar-refractivity contribution in [1.82, 2.24) is 10.2 Å². The molecule has 2 saturated heterocycles. The molecule has 0 aromatic heterocycles. The lowest BCUT2D eigenvalue weighted by Gasteiger charge is -2.36. The summed E-state index contributed by atoms with van der Waals surface area (Å²) < 4.78 is 0. The van der Waals surface area contributed by atoms with Gasteiger partial charge in [0, 0.05) is 50.4 Å². The van der Waals surface area contributed by atoms with Gasteiger partial charge in [0.25, 0.3) is 5.69 Å². The summed E-state index contributed by atoms with van der Waals surface area (Å²) in [5.74, 6) is 0.876. The molecular formula is C17H24N4O3. The normalized spacial score (nSPS) is 21.1. The highest BCUT2D eigenvalue weighted by molar-refractivity contribution is 5.76. The van der Waals surface area contributed by atoms with E-state index in [0.717, 1.165) is 38.3 Å². The van der Waals surface area contributed by atoms with Gasteiger partial charge in [-0.2, -0.15) is 0 Å². The molecule has 7 nitrogen and oxygen atoms in total. The number of benzene rings is 1. The van der Waals surface area contributed by atoms with Crippen molar-refractivity contribution >= 4 is 17.3 Å². The van der Waals surface area contributed by atoms with Gasteiger partial charge in [-0.3, -0.25) is 14.9 Å². The van der Waals surface area contributed by atoms with Crippen LogP contribution in [0.5, 0.6) is 0 Å². The van der Waals surface area contributed by atoms with Gasteiger partial charge in [-0.05, 0) is 37.9 Å². The van der Waals surface area contributed by atoms with Crippen LogP contribution in [0.15, 0.2) is 24.3 Å². The van der Waals surface area contributed by atoms with Crippen molar-refractivity contribution in [2.75, 3.05) is 44.2 Å². The minimum absolute atomic E-state index is 0.108. The number of piperazine rings is 1. The summed E-state index contributed by atoms with van der Waals surface area (Å²) in [7, 11) is 0. The van der Waals surface area contributed by atoms with Crippen LogP contribution in [-0.2, 0) is 4.79 Å². The molecule has 1 unspecified atom stereocenters. The Morgan fingerprint density at radius 2 is 2.08 bits per heavy atom. The molecule has 2 aliphatic heterocycles. The average Bonchev–Trinajstić information content (AvgIpc) is 3.13. The van der Waals surface area contributed by atoms with Crippen LogP contribution in [0.1, 0.15) is 19.3 Å². The number of nitrogens with one attached hydrogen (secondary N) is 1. The Bertz CT molecular complexity index is 593. The van der Waals surface area contributed by atoms with E-state index in [1.165, 1.54) is 12.5 Å². The summed E-state index contributed by atoms with van der Waals surface area (Å²) in [5.41, 5.74) is 0.963. The van der Waals surface area contributed by atoms with Crippen molar-refractivity contribution in [3.8, 4) is 0 Å². The van der Waals surface area contributed by atoms with Crippen molar-refractivity contribution in [3.05, 3.63) is 34.4 Å². The monoisotopic (exact) mass is 332 g/mol. The summed E-state index contributed by atoms with van der Waals surface area (Å²) in [6.07, 6.45) is 2.77. The maximum atomic E-state index is 12.3. The fourth-order valence-corrected chi connectivity index (χ4v) is 3.46. The summed E-state index contributed by atoms with van der Waals surface area (Å²) in [6.45, 7) is 4.92. The molecule has 130 valence electrons. The summed E-state index contributed by atoms with van der Waals surface area (Å²) in [5, 5.41) is 14.2. The number of nitro groups is 1. The number of non-ortho nitro benzene ring substituents is 1. The molecular weight excluding hydrogens is 308 g/mol. The van der Waals surface area contributed by atoms with Gasteiger partial charge in [0.05, 0.1) is 4.92 Å². The predicted octanol–water partition coefficient (Wildman–Crippen LogP) is 1.63. The molecule has 1 amide bonds. The van der Waals surface area contributed by atoms with E-state index in [2.05, 4.69) is 10.2 Å². The predicted molar refractivity (Wildman–Crippen MR) is 92.1 cm³/mol. The van der Waals surface area contributed by atoms with Gasteiger partial charge in [-0.25, -0.2) is 0 Å². The van der Waals surface area contributed by atoms with E-state index in [4.69, 9.17) is 0 Å². The molecule has 0 spiro atoms. The smallest absolute Gasteiger partial charge is 0.271 e. The number of hydrogen-bond donors (Lipinski definition) is 1. The van der Waals surface area contributed by atoms with E-state index >= 15 is 0 Å². The molecule has 2 fully saturated rings. The maximum Gasteiger partial charge on any atom is 0.271 e. The molecule has 2 aliphatic rings. The largest absolute Gasteiger partial charge is 0.368 e. The lowest BCUT2D eigenvalue weighted by Crippen LogP contribution is -2.48. The molecule has 1 aromatic rings.